The fourth-order valence-electron chi connectivity index (χ4n) is 1.91. The van der Waals surface area contributed by atoms with Gasteiger partial charge in [0.25, 0.3) is 0 Å². The number of benzene rings is 1. The summed E-state index contributed by atoms with van der Waals surface area (Å²) in [5.74, 6) is -0.121. The van der Waals surface area contributed by atoms with Crippen molar-refractivity contribution in [3.63, 3.8) is 0 Å². The zero-order valence-electron chi connectivity index (χ0n) is 12.6. The fraction of sp³-hybridized carbons (Fsp3) is 0.267. The van der Waals surface area contributed by atoms with Gasteiger partial charge in [0.05, 0.1) is 12.3 Å². The molecule has 0 aliphatic carbocycles. The summed E-state index contributed by atoms with van der Waals surface area (Å²) in [6, 6.07) is 7.38. The van der Waals surface area contributed by atoms with Gasteiger partial charge in [-0.3, -0.25) is 10.5 Å². The van der Waals surface area contributed by atoms with E-state index in [0.717, 1.165) is 5.56 Å². The number of rotatable bonds is 5. The highest BCUT2D eigenvalue weighted by Gasteiger charge is 2.19. The summed E-state index contributed by atoms with van der Waals surface area (Å²) in [7, 11) is 0. The van der Waals surface area contributed by atoms with Gasteiger partial charge >= 0.3 is 5.97 Å². The van der Waals surface area contributed by atoms with Crippen LogP contribution in [0.15, 0.2) is 29.4 Å². The summed E-state index contributed by atoms with van der Waals surface area (Å²) >= 11 is 6.12. The molecule has 0 atom stereocenters. The third kappa shape index (κ3) is 3.46. The number of ether oxygens (including phenoxy) is 1. The molecule has 0 radical (unpaired) electrons. The lowest BCUT2D eigenvalue weighted by Gasteiger charge is -2.05. The molecule has 7 heteroatoms. The van der Waals surface area contributed by atoms with Crippen LogP contribution in [-0.2, 0) is 4.74 Å². The van der Waals surface area contributed by atoms with Gasteiger partial charge in [-0.15, -0.1) is 0 Å². The predicted molar refractivity (Wildman–Crippen MR) is 86.6 cm³/mol. The second-order valence-electron chi connectivity index (χ2n) is 4.58. The van der Waals surface area contributed by atoms with Crippen LogP contribution < -0.4 is 5.43 Å². The van der Waals surface area contributed by atoms with Crippen LogP contribution in [0.25, 0.3) is 0 Å². The van der Waals surface area contributed by atoms with Crippen LogP contribution in [0.2, 0.25) is 5.02 Å². The molecule has 6 nitrogen and oxygen atoms in total. The number of hydrogen-bond donors (Lipinski definition) is 2. The molecule has 0 aliphatic rings. The fourth-order valence-corrected chi connectivity index (χ4v) is 2.19. The number of hydrazone groups is 1. The molecule has 0 aliphatic heterocycles. The van der Waals surface area contributed by atoms with Crippen LogP contribution in [0.5, 0.6) is 0 Å². The van der Waals surface area contributed by atoms with E-state index < -0.39 is 5.97 Å². The third-order valence-electron chi connectivity index (χ3n) is 3.02. The molecule has 2 rings (SSSR count). The number of aromatic amines is 1. The van der Waals surface area contributed by atoms with E-state index in [1.807, 2.05) is 25.1 Å². The van der Waals surface area contributed by atoms with Crippen molar-refractivity contribution in [2.75, 3.05) is 12.0 Å². The first-order valence-corrected chi connectivity index (χ1v) is 7.19. The first kappa shape index (κ1) is 16.0. The Hall–Kier alpha value is -2.34. The molecule has 1 aromatic carbocycles. The van der Waals surface area contributed by atoms with Crippen molar-refractivity contribution in [2.24, 2.45) is 5.10 Å². The van der Waals surface area contributed by atoms with E-state index in [1.165, 1.54) is 0 Å². The van der Waals surface area contributed by atoms with E-state index in [2.05, 4.69) is 20.7 Å². The van der Waals surface area contributed by atoms with Crippen molar-refractivity contribution in [3.8, 4) is 0 Å². The number of halogens is 1. The van der Waals surface area contributed by atoms with E-state index in [1.54, 1.807) is 19.9 Å². The molecule has 1 aromatic heterocycles. The highest BCUT2D eigenvalue weighted by atomic mass is 35.5. The minimum atomic E-state index is -0.443. The zero-order chi connectivity index (χ0) is 16.1. The van der Waals surface area contributed by atoms with Crippen LogP contribution in [-0.4, -0.2) is 28.5 Å². The molecule has 0 unspecified atom stereocenters. The first-order valence-electron chi connectivity index (χ1n) is 6.81. The topological polar surface area (TPSA) is 79.4 Å². The molecule has 0 saturated carbocycles. The van der Waals surface area contributed by atoms with Crippen molar-refractivity contribution >= 4 is 29.1 Å². The second-order valence-corrected chi connectivity index (χ2v) is 4.99. The Morgan fingerprint density at radius 3 is 2.86 bits per heavy atom. The van der Waals surface area contributed by atoms with Gasteiger partial charge in [0, 0.05) is 16.3 Å². The molecular formula is C15H17ClN4O2. The maximum atomic E-state index is 11.9. The monoisotopic (exact) mass is 320 g/mol. The number of aryl methyl sites for hydroxylation is 1. The molecule has 1 heterocycles. The minimum Gasteiger partial charge on any atom is -0.462 e. The van der Waals surface area contributed by atoms with Gasteiger partial charge < -0.3 is 4.74 Å². The quantitative estimate of drug-likeness (QED) is 0.503. The molecule has 0 amide bonds. The van der Waals surface area contributed by atoms with Crippen LogP contribution in [0.1, 0.15) is 35.5 Å². The predicted octanol–water partition coefficient (Wildman–Crippen LogP) is 3.38. The highest BCUT2D eigenvalue weighted by Crippen LogP contribution is 2.19. The number of anilines is 1. The van der Waals surface area contributed by atoms with E-state index in [9.17, 15) is 4.79 Å². The average molecular weight is 321 g/mol. The largest absolute Gasteiger partial charge is 0.462 e. The summed E-state index contributed by atoms with van der Waals surface area (Å²) in [5, 5.41) is 11.6. The normalized spacial score (nSPS) is 11.4. The lowest BCUT2D eigenvalue weighted by molar-refractivity contribution is 0.0526. The van der Waals surface area contributed by atoms with Gasteiger partial charge in [-0.1, -0.05) is 29.8 Å². The number of carbonyl (C=O) groups is 1. The van der Waals surface area contributed by atoms with Crippen LogP contribution in [0, 0.1) is 6.92 Å². The number of H-pyrrole nitrogens is 1. The highest BCUT2D eigenvalue weighted by molar-refractivity contribution is 6.34. The number of nitrogens with zero attached hydrogens (tertiary/aromatic N) is 2. The molecule has 2 N–H and O–H groups in total. The van der Waals surface area contributed by atoms with Gasteiger partial charge in [0.2, 0.25) is 0 Å². The van der Waals surface area contributed by atoms with Gasteiger partial charge in [0.15, 0.2) is 5.82 Å². The molecule has 22 heavy (non-hydrogen) atoms. The lowest BCUT2D eigenvalue weighted by Crippen LogP contribution is -2.09. The van der Waals surface area contributed by atoms with E-state index in [0.29, 0.717) is 34.4 Å². The third-order valence-corrected chi connectivity index (χ3v) is 3.35. The van der Waals surface area contributed by atoms with Crippen molar-refractivity contribution in [1.29, 1.82) is 0 Å². The summed E-state index contributed by atoms with van der Waals surface area (Å²) in [6.45, 7) is 5.61. The standard InChI is InChI=1S/C15H17ClN4O2/c1-4-22-15(21)13-10(3)18-20-14(13)19-17-9(2)11-7-5-6-8-12(11)16/h5-8H,4H2,1-3H3,(H2,18,19,20). The molecule has 0 fully saturated rings. The van der Waals surface area contributed by atoms with Crippen LogP contribution in [0.4, 0.5) is 5.82 Å². The lowest BCUT2D eigenvalue weighted by atomic mass is 10.1. The van der Waals surface area contributed by atoms with Gasteiger partial charge in [-0.2, -0.15) is 10.2 Å². The van der Waals surface area contributed by atoms with E-state index in [-0.39, 0.29) is 0 Å². The molecule has 0 spiro atoms. The van der Waals surface area contributed by atoms with Crippen molar-refractivity contribution in [3.05, 3.63) is 46.1 Å². The molecular weight excluding hydrogens is 304 g/mol. The number of aromatic nitrogens is 2. The van der Waals surface area contributed by atoms with Crippen molar-refractivity contribution in [2.45, 2.75) is 20.8 Å². The summed E-state index contributed by atoms with van der Waals surface area (Å²) in [5.41, 5.74) is 5.24. The van der Waals surface area contributed by atoms with Gasteiger partial charge in [0.1, 0.15) is 5.56 Å². The smallest absolute Gasteiger partial charge is 0.343 e. The molecule has 0 bridgehead atoms. The second kappa shape index (κ2) is 7.09. The Morgan fingerprint density at radius 2 is 2.18 bits per heavy atom. The molecule has 2 aromatic rings. The summed E-state index contributed by atoms with van der Waals surface area (Å²) in [4.78, 5) is 11.9. The maximum Gasteiger partial charge on any atom is 0.343 e. The van der Waals surface area contributed by atoms with Crippen LogP contribution in [0.3, 0.4) is 0 Å². The van der Waals surface area contributed by atoms with Crippen molar-refractivity contribution in [1.82, 2.24) is 10.2 Å². The average Bonchev–Trinajstić information content (AvgIpc) is 2.86. The Labute approximate surface area is 133 Å². The van der Waals surface area contributed by atoms with Crippen molar-refractivity contribution < 1.29 is 9.53 Å². The Kier molecular flexibility index (Phi) is 5.16. The van der Waals surface area contributed by atoms with E-state index >= 15 is 0 Å². The summed E-state index contributed by atoms with van der Waals surface area (Å²) < 4.78 is 5.01. The number of hydrogen-bond acceptors (Lipinski definition) is 5. The summed E-state index contributed by atoms with van der Waals surface area (Å²) in [6.07, 6.45) is 0. The number of esters is 1. The number of nitrogens with one attached hydrogen (secondary N) is 2. The van der Waals surface area contributed by atoms with Crippen LogP contribution >= 0.6 is 11.6 Å². The van der Waals surface area contributed by atoms with Gasteiger partial charge in [-0.25, -0.2) is 4.79 Å². The molecule has 0 saturated heterocycles. The Morgan fingerprint density at radius 1 is 1.45 bits per heavy atom. The van der Waals surface area contributed by atoms with E-state index in [4.69, 9.17) is 16.3 Å². The van der Waals surface area contributed by atoms with Gasteiger partial charge in [-0.05, 0) is 26.8 Å². The first-order chi connectivity index (χ1) is 10.5. The zero-order valence-corrected chi connectivity index (χ0v) is 13.4. The SMILES string of the molecule is CCOC(=O)c1c(NN=C(C)c2ccccc2Cl)n[nH]c1C. The number of carbonyl (C=O) groups excluding carboxylic acids is 1. The Bertz CT molecular complexity index is 709. The maximum absolute atomic E-state index is 11.9. The Balaban J connectivity index is 2.23. The minimum absolute atomic E-state index is 0.296. The molecule has 116 valence electrons.